The van der Waals surface area contributed by atoms with E-state index in [0.29, 0.717) is 5.38 Å². The Kier molecular flexibility index (Phi) is 18.6. The molecule has 6 nitrogen and oxygen atoms in total. The summed E-state index contributed by atoms with van der Waals surface area (Å²) < 4.78 is 31.0. The maximum Gasteiger partial charge on any atom is 0.510 e. The van der Waals surface area contributed by atoms with E-state index in [0.717, 1.165) is 18.2 Å². The van der Waals surface area contributed by atoms with E-state index in [1.807, 2.05) is 0 Å². The van der Waals surface area contributed by atoms with Gasteiger partial charge in [0.2, 0.25) is 0 Å². The first-order chi connectivity index (χ1) is 11.0. The Hall–Kier alpha value is 0.894. The number of unbranched alkanes of at least 4 members (excludes halogenated alkanes) is 3. The van der Waals surface area contributed by atoms with Crippen molar-refractivity contribution < 1.29 is 26.6 Å². The third-order valence-corrected chi connectivity index (χ3v) is 10.0. The molecular weight excluding hydrogens is 372 g/mol. The molecule has 0 fully saturated rings. The minimum absolute atomic E-state index is 0.510. The maximum absolute atomic E-state index is 5.32. The van der Waals surface area contributed by atoms with Crippen LogP contribution >= 0.6 is 25.3 Å². The predicted molar refractivity (Wildman–Crippen MR) is 105 cm³/mol. The van der Waals surface area contributed by atoms with Crippen LogP contribution in [0.1, 0.15) is 25.7 Å². The van der Waals surface area contributed by atoms with Gasteiger partial charge in [0.25, 0.3) is 0 Å². The quantitative estimate of drug-likeness (QED) is 0.279. The zero-order chi connectivity index (χ0) is 18.2. The molecule has 0 aromatic rings. The summed E-state index contributed by atoms with van der Waals surface area (Å²) in [6.07, 6.45) is 4.72. The van der Waals surface area contributed by atoms with Gasteiger partial charge in [0.05, 0.1) is 5.38 Å². The zero-order valence-electron chi connectivity index (χ0n) is 15.3. The van der Waals surface area contributed by atoms with Crippen molar-refractivity contribution in [3.63, 3.8) is 0 Å². The Bertz CT molecular complexity index is 231. The lowest BCUT2D eigenvalue weighted by atomic mass is 10.2. The summed E-state index contributed by atoms with van der Waals surface area (Å²) in [5, 5.41) is 0.510. The van der Waals surface area contributed by atoms with Crippen LogP contribution in [0.25, 0.3) is 0 Å². The van der Waals surface area contributed by atoms with Crippen molar-refractivity contribution in [3.8, 4) is 0 Å². The van der Waals surface area contributed by atoms with Crippen molar-refractivity contribution in [3.05, 3.63) is 0 Å². The summed E-state index contributed by atoms with van der Waals surface area (Å²) in [4.78, 5) is 0. The molecule has 0 saturated carbocycles. The van der Waals surface area contributed by atoms with Gasteiger partial charge in [-0.25, -0.2) is 0 Å². The van der Waals surface area contributed by atoms with Gasteiger partial charge in [-0.3, -0.25) is 0 Å². The SMILES string of the molecule is CO[Si](CCCCCCS)(OC)OC.CO[Si](CS)(OC)OC. The van der Waals surface area contributed by atoms with E-state index in [1.165, 1.54) is 19.3 Å². The fourth-order valence-corrected chi connectivity index (χ4v) is 5.87. The van der Waals surface area contributed by atoms with Crippen LogP contribution in [0, 0.1) is 0 Å². The van der Waals surface area contributed by atoms with Gasteiger partial charge in [-0.2, -0.15) is 25.3 Å². The van der Waals surface area contributed by atoms with Crippen LogP contribution in [0.2, 0.25) is 6.04 Å². The normalized spacial score (nSPS) is 12.0. The molecule has 0 aliphatic heterocycles. The molecule has 0 aliphatic rings. The lowest BCUT2D eigenvalue weighted by Gasteiger charge is -2.24. The van der Waals surface area contributed by atoms with Gasteiger partial charge >= 0.3 is 17.6 Å². The highest BCUT2D eigenvalue weighted by atomic mass is 32.1. The van der Waals surface area contributed by atoms with Crippen LogP contribution < -0.4 is 0 Å². The van der Waals surface area contributed by atoms with Gasteiger partial charge in [0.15, 0.2) is 0 Å². The molecule has 0 unspecified atom stereocenters. The molecule has 0 N–H and O–H groups in total. The molecule has 0 amide bonds. The zero-order valence-corrected chi connectivity index (χ0v) is 19.1. The molecule has 0 rings (SSSR count). The number of hydrogen-bond acceptors (Lipinski definition) is 8. The highest BCUT2D eigenvalue weighted by Gasteiger charge is 2.36. The minimum atomic E-state index is -2.33. The van der Waals surface area contributed by atoms with E-state index >= 15 is 0 Å². The summed E-state index contributed by atoms with van der Waals surface area (Å²) in [6, 6.07) is 0.906. The Morgan fingerprint density at radius 2 is 0.957 bits per heavy atom. The van der Waals surface area contributed by atoms with Crippen LogP contribution in [0.15, 0.2) is 0 Å². The van der Waals surface area contributed by atoms with Crippen molar-refractivity contribution in [2.45, 2.75) is 31.7 Å². The number of thiol groups is 2. The second kappa shape index (κ2) is 16.4. The molecule has 0 radical (unpaired) electrons. The van der Waals surface area contributed by atoms with Gasteiger partial charge in [-0.15, -0.1) is 0 Å². The van der Waals surface area contributed by atoms with Crippen molar-refractivity contribution in [1.82, 2.24) is 0 Å². The van der Waals surface area contributed by atoms with Gasteiger partial charge in [0.1, 0.15) is 0 Å². The topological polar surface area (TPSA) is 55.4 Å². The smallest absolute Gasteiger partial charge is 0.377 e. The summed E-state index contributed by atoms with van der Waals surface area (Å²) in [7, 11) is 5.05. The number of hydrogen-bond donors (Lipinski definition) is 2. The minimum Gasteiger partial charge on any atom is -0.377 e. The lowest BCUT2D eigenvalue weighted by Crippen LogP contribution is -2.45. The second-order valence-electron chi connectivity index (χ2n) is 4.64. The summed E-state index contributed by atoms with van der Waals surface area (Å²) in [6.45, 7) is 0. The third kappa shape index (κ3) is 11.2. The Balaban J connectivity index is 0. The first kappa shape index (κ1) is 26.1. The van der Waals surface area contributed by atoms with Crippen molar-refractivity contribution >= 4 is 42.9 Å². The van der Waals surface area contributed by atoms with E-state index < -0.39 is 17.6 Å². The average Bonchev–Trinajstić information content (AvgIpc) is 2.62. The van der Waals surface area contributed by atoms with Crippen LogP contribution in [-0.4, -0.2) is 71.4 Å². The van der Waals surface area contributed by atoms with E-state index in [1.54, 1.807) is 42.7 Å². The Morgan fingerprint density at radius 1 is 0.565 bits per heavy atom. The van der Waals surface area contributed by atoms with E-state index in [9.17, 15) is 0 Å². The van der Waals surface area contributed by atoms with Crippen molar-refractivity contribution in [2.75, 3.05) is 53.8 Å². The van der Waals surface area contributed by atoms with Crippen LogP contribution in [0.5, 0.6) is 0 Å². The molecule has 10 heteroatoms. The number of rotatable bonds is 13. The third-order valence-electron chi connectivity index (χ3n) is 3.45. The molecule has 0 spiro atoms. The largest absolute Gasteiger partial charge is 0.510 e. The van der Waals surface area contributed by atoms with Gasteiger partial charge < -0.3 is 26.6 Å². The molecule has 142 valence electrons. The van der Waals surface area contributed by atoms with Crippen LogP contribution in [-0.2, 0) is 26.6 Å². The van der Waals surface area contributed by atoms with Crippen molar-refractivity contribution in [1.29, 1.82) is 0 Å². The van der Waals surface area contributed by atoms with E-state index in [-0.39, 0.29) is 0 Å². The molecule has 0 aromatic carbocycles. The Labute approximate surface area is 155 Å². The maximum atomic E-state index is 5.32. The first-order valence-corrected chi connectivity index (χ1v) is 12.6. The fourth-order valence-electron chi connectivity index (χ4n) is 1.81. The predicted octanol–water partition coefficient (Wildman–Crippen LogP) is 2.69. The van der Waals surface area contributed by atoms with E-state index in [2.05, 4.69) is 25.3 Å². The fraction of sp³-hybridized carbons (Fsp3) is 1.00. The second-order valence-corrected chi connectivity index (χ2v) is 12.0. The van der Waals surface area contributed by atoms with Gasteiger partial charge in [-0.1, -0.05) is 12.8 Å². The monoisotopic (exact) mass is 406 g/mol. The van der Waals surface area contributed by atoms with Gasteiger partial charge in [0, 0.05) is 48.7 Å². The molecule has 0 bridgehead atoms. The van der Waals surface area contributed by atoms with Crippen LogP contribution in [0.3, 0.4) is 0 Å². The van der Waals surface area contributed by atoms with Crippen LogP contribution in [0.4, 0.5) is 0 Å². The highest BCUT2D eigenvalue weighted by molar-refractivity contribution is 7.82. The molecule has 0 aliphatic carbocycles. The van der Waals surface area contributed by atoms with Crippen molar-refractivity contribution in [2.24, 2.45) is 0 Å². The highest BCUT2D eigenvalue weighted by Crippen LogP contribution is 2.17. The summed E-state index contributed by atoms with van der Waals surface area (Å²) in [5.74, 6) is 0.974. The Morgan fingerprint density at radius 3 is 1.22 bits per heavy atom. The molecular formula is C13H34O6S2Si2. The van der Waals surface area contributed by atoms with E-state index in [4.69, 9.17) is 26.6 Å². The summed E-state index contributed by atoms with van der Waals surface area (Å²) >= 11 is 8.20. The molecule has 0 atom stereocenters. The molecule has 0 heterocycles. The molecule has 0 aromatic heterocycles. The average molecular weight is 407 g/mol. The standard InChI is InChI=1S/C9H22O3SSi.C4H12O3SSi/c1-10-14(11-2,12-3)9-7-5-4-6-8-13;1-5-9(4-8,6-2)7-3/h13H,4-9H2,1-3H3;8H,4H2,1-3H3. The first-order valence-electron chi connectivity index (χ1n) is 7.51. The van der Waals surface area contributed by atoms with Gasteiger partial charge in [-0.05, 0) is 18.6 Å². The lowest BCUT2D eigenvalue weighted by molar-refractivity contribution is 0.122. The summed E-state index contributed by atoms with van der Waals surface area (Å²) in [5.41, 5.74) is 0. The molecule has 0 saturated heterocycles. The molecule has 23 heavy (non-hydrogen) atoms.